The molecular weight excluding hydrogens is 310 g/mol. The average Bonchev–Trinajstić information content (AvgIpc) is 3.03. The smallest absolute Gasteiger partial charge is 0.0720 e. The molecule has 4 atom stereocenters. The van der Waals surface area contributed by atoms with Gasteiger partial charge in [0.15, 0.2) is 0 Å². The second-order valence-electron chi connectivity index (χ2n) is 9.06. The van der Waals surface area contributed by atoms with Crippen molar-refractivity contribution in [3.63, 3.8) is 0 Å². The minimum atomic E-state index is -0.358. The third-order valence-electron chi connectivity index (χ3n) is 6.90. The number of hydrogen-bond donors (Lipinski definition) is 2. The number of aliphatic hydroxyl groups excluding tert-OH is 1. The van der Waals surface area contributed by atoms with Gasteiger partial charge in [-0.1, -0.05) is 51.7 Å². The Morgan fingerprint density at radius 2 is 2.12 bits per heavy atom. The van der Waals surface area contributed by atoms with Crippen molar-refractivity contribution in [3.05, 3.63) is 23.3 Å². The number of nitrogens with two attached hydrogens (primary N) is 1. The summed E-state index contributed by atoms with van der Waals surface area (Å²) >= 11 is 0. The summed E-state index contributed by atoms with van der Waals surface area (Å²) in [7, 11) is 0. The van der Waals surface area contributed by atoms with E-state index < -0.39 is 0 Å². The molecule has 1 saturated heterocycles. The minimum absolute atomic E-state index is 0.111. The summed E-state index contributed by atoms with van der Waals surface area (Å²) in [5.74, 6) is 0.571. The van der Waals surface area contributed by atoms with Crippen LogP contribution in [0.25, 0.3) is 0 Å². The monoisotopic (exact) mass is 347 g/mol. The van der Waals surface area contributed by atoms with E-state index in [2.05, 4.69) is 26.0 Å². The van der Waals surface area contributed by atoms with Crippen molar-refractivity contribution in [2.45, 2.75) is 89.7 Å². The predicted molar refractivity (Wildman–Crippen MR) is 103 cm³/mol. The van der Waals surface area contributed by atoms with Crippen LogP contribution in [-0.2, 0) is 4.74 Å². The number of hydrogen-bond acceptors (Lipinski definition) is 3. The van der Waals surface area contributed by atoms with Gasteiger partial charge in [-0.15, -0.1) is 0 Å². The Bertz CT molecular complexity index is 526. The van der Waals surface area contributed by atoms with Gasteiger partial charge in [-0.05, 0) is 61.0 Å². The molecule has 0 spiro atoms. The molecule has 25 heavy (non-hydrogen) atoms. The Kier molecular flexibility index (Phi) is 6.07. The highest BCUT2D eigenvalue weighted by Crippen LogP contribution is 2.50. The van der Waals surface area contributed by atoms with E-state index in [4.69, 9.17) is 10.5 Å². The van der Waals surface area contributed by atoms with Crippen LogP contribution < -0.4 is 5.73 Å². The Morgan fingerprint density at radius 1 is 1.28 bits per heavy atom. The van der Waals surface area contributed by atoms with Crippen LogP contribution in [0.15, 0.2) is 23.3 Å². The van der Waals surface area contributed by atoms with Gasteiger partial charge in [0.05, 0.1) is 19.3 Å². The molecular formula is C22H37NO2. The number of fused-ring (bicyclic) bond motifs is 1. The molecule has 142 valence electrons. The van der Waals surface area contributed by atoms with Crippen LogP contribution in [0.5, 0.6) is 0 Å². The first-order valence-electron chi connectivity index (χ1n) is 10.4. The van der Waals surface area contributed by atoms with Gasteiger partial charge in [0.1, 0.15) is 0 Å². The molecule has 3 nitrogen and oxygen atoms in total. The number of rotatable bonds is 7. The standard InChI is InChI=1S/C22H37NO2/c1-3-4-5-6-7-20-12-17-8-10-21(2,13-18(17)15-25-20)19-9-11-22(23,14-19)16-24/h8,13,19-20,24H,3-7,9-12,14-16,23H2,1-2H3/t19-,20+,21?,22+/m0/s1. The zero-order chi connectivity index (χ0) is 17.9. The van der Waals surface area contributed by atoms with E-state index in [0.29, 0.717) is 12.0 Å². The van der Waals surface area contributed by atoms with Crippen molar-refractivity contribution in [2.75, 3.05) is 13.2 Å². The maximum Gasteiger partial charge on any atom is 0.0720 e. The first-order valence-corrected chi connectivity index (χ1v) is 10.4. The van der Waals surface area contributed by atoms with E-state index in [9.17, 15) is 5.11 Å². The van der Waals surface area contributed by atoms with Gasteiger partial charge in [0.2, 0.25) is 0 Å². The fourth-order valence-corrected chi connectivity index (χ4v) is 5.02. The highest BCUT2D eigenvalue weighted by atomic mass is 16.5. The third-order valence-corrected chi connectivity index (χ3v) is 6.90. The third kappa shape index (κ3) is 4.37. The Morgan fingerprint density at radius 3 is 2.84 bits per heavy atom. The lowest BCUT2D eigenvalue weighted by atomic mass is 9.68. The van der Waals surface area contributed by atoms with Crippen LogP contribution in [0, 0.1) is 11.3 Å². The fraction of sp³-hybridized carbons (Fsp3) is 0.818. The lowest BCUT2D eigenvalue weighted by Gasteiger charge is -2.39. The second-order valence-corrected chi connectivity index (χ2v) is 9.06. The van der Waals surface area contributed by atoms with E-state index in [-0.39, 0.29) is 17.6 Å². The van der Waals surface area contributed by atoms with Crippen LogP contribution in [0.3, 0.4) is 0 Å². The Labute approximate surface area is 153 Å². The average molecular weight is 348 g/mol. The van der Waals surface area contributed by atoms with E-state index >= 15 is 0 Å². The van der Waals surface area contributed by atoms with Crippen LogP contribution in [0.2, 0.25) is 0 Å². The number of aliphatic hydroxyl groups is 1. The van der Waals surface area contributed by atoms with Gasteiger partial charge in [-0.25, -0.2) is 0 Å². The van der Waals surface area contributed by atoms with Crippen LogP contribution >= 0.6 is 0 Å². The number of allylic oxidation sites excluding steroid dienone is 2. The highest BCUT2D eigenvalue weighted by molar-refractivity contribution is 5.39. The quantitative estimate of drug-likeness (QED) is 0.667. The van der Waals surface area contributed by atoms with Gasteiger partial charge in [0, 0.05) is 5.54 Å². The molecule has 1 heterocycles. The molecule has 1 saturated carbocycles. The molecule has 0 bridgehead atoms. The molecule has 3 heteroatoms. The zero-order valence-corrected chi connectivity index (χ0v) is 16.2. The Hall–Kier alpha value is -0.640. The summed E-state index contributed by atoms with van der Waals surface area (Å²) in [6.45, 7) is 5.52. The summed E-state index contributed by atoms with van der Waals surface area (Å²) in [5.41, 5.74) is 9.08. The van der Waals surface area contributed by atoms with E-state index in [1.165, 1.54) is 43.3 Å². The molecule has 3 rings (SSSR count). The fourth-order valence-electron chi connectivity index (χ4n) is 5.02. The van der Waals surface area contributed by atoms with Crippen molar-refractivity contribution in [1.82, 2.24) is 0 Å². The maximum absolute atomic E-state index is 9.57. The molecule has 1 aliphatic heterocycles. The summed E-state index contributed by atoms with van der Waals surface area (Å²) in [4.78, 5) is 0. The molecule has 2 fully saturated rings. The van der Waals surface area contributed by atoms with Gasteiger partial charge >= 0.3 is 0 Å². The zero-order valence-electron chi connectivity index (χ0n) is 16.2. The molecule has 3 aliphatic rings. The van der Waals surface area contributed by atoms with Crippen molar-refractivity contribution < 1.29 is 9.84 Å². The normalized spacial score (nSPS) is 38.2. The van der Waals surface area contributed by atoms with Crippen molar-refractivity contribution in [2.24, 2.45) is 17.1 Å². The first kappa shape index (κ1) is 19.1. The highest BCUT2D eigenvalue weighted by Gasteiger charge is 2.44. The summed E-state index contributed by atoms with van der Waals surface area (Å²) in [5, 5.41) is 9.57. The van der Waals surface area contributed by atoms with Gasteiger partial charge < -0.3 is 15.6 Å². The van der Waals surface area contributed by atoms with Gasteiger partial charge in [-0.3, -0.25) is 0 Å². The molecule has 0 aromatic heterocycles. The van der Waals surface area contributed by atoms with E-state index in [1.54, 1.807) is 0 Å². The number of ether oxygens (including phenoxy) is 1. The molecule has 0 amide bonds. The summed E-state index contributed by atoms with van der Waals surface area (Å²) < 4.78 is 6.17. The topological polar surface area (TPSA) is 55.5 Å². The largest absolute Gasteiger partial charge is 0.394 e. The van der Waals surface area contributed by atoms with Crippen molar-refractivity contribution >= 4 is 0 Å². The van der Waals surface area contributed by atoms with Gasteiger partial charge in [0.25, 0.3) is 0 Å². The lowest BCUT2D eigenvalue weighted by molar-refractivity contribution is 0.0469. The molecule has 0 aromatic carbocycles. The summed E-state index contributed by atoms with van der Waals surface area (Å²) in [6, 6.07) is 0. The maximum atomic E-state index is 9.57. The second kappa shape index (κ2) is 7.94. The van der Waals surface area contributed by atoms with Crippen molar-refractivity contribution in [3.8, 4) is 0 Å². The van der Waals surface area contributed by atoms with Crippen molar-refractivity contribution in [1.29, 1.82) is 0 Å². The molecule has 1 unspecified atom stereocenters. The minimum Gasteiger partial charge on any atom is -0.394 e. The molecule has 2 aliphatic carbocycles. The van der Waals surface area contributed by atoms with Gasteiger partial charge in [-0.2, -0.15) is 0 Å². The number of unbranched alkanes of at least 4 members (excludes halogenated alkanes) is 3. The van der Waals surface area contributed by atoms with Crippen LogP contribution in [0.1, 0.15) is 78.1 Å². The molecule has 0 radical (unpaired) electrons. The van der Waals surface area contributed by atoms with E-state index in [0.717, 1.165) is 38.7 Å². The molecule has 0 aromatic rings. The van der Waals surface area contributed by atoms with Crippen LogP contribution in [0.4, 0.5) is 0 Å². The lowest BCUT2D eigenvalue weighted by Crippen LogP contribution is -2.42. The predicted octanol–water partition coefficient (Wildman–Crippen LogP) is 4.50. The SMILES string of the molecule is CCCCCC[C@@H]1CC2=CCC(C)([C@H]3CC[C@](N)(CO)C3)C=C2CO1. The Balaban J connectivity index is 1.57. The molecule has 3 N–H and O–H groups in total. The van der Waals surface area contributed by atoms with E-state index in [1.807, 2.05) is 0 Å². The first-order chi connectivity index (χ1) is 12.0. The van der Waals surface area contributed by atoms with Crippen LogP contribution in [-0.4, -0.2) is 30.0 Å². The summed E-state index contributed by atoms with van der Waals surface area (Å²) in [6.07, 6.45) is 17.1.